The molecule has 94 valence electrons. The summed E-state index contributed by atoms with van der Waals surface area (Å²) in [5, 5.41) is 3.71. The molecule has 0 aromatic carbocycles. The van der Waals surface area contributed by atoms with E-state index in [9.17, 15) is 0 Å². The zero-order chi connectivity index (χ0) is 11.8. The van der Waals surface area contributed by atoms with Crippen LogP contribution in [0.15, 0.2) is 12.4 Å². The van der Waals surface area contributed by atoms with E-state index in [4.69, 9.17) is 0 Å². The summed E-state index contributed by atoms with van der Waals surface area (Å²) in [5.74, 6) is 1.15. The smallest absolute Gasteiger partial charge is 0.205 e. The predicted molar refractivity (Wildman–Crippen MR) is 69.4 cm³/mol. The summed E-state index contributed by atoms with van der Waals surface area (Å²) in [7, 11) is 0. The van der Waals surface area contributed by atoms with Crippen LogP contribution in [0.25, 0.3) is 0 Å². The van der Waals surface area contributed by atoms with E-state index in [0.29, 0.717) is 12.1 Å². The first-order chi connectivity index (χ1) is 8.24. The SMILES string of the molecule is CC(C)n1ccnc1N1CCC2CCC(C1)N2. The number of hydrogen-bond acceptors (Lipinski definition) is 3. The van der Waals surface area contributed by atoms with E-state index >= 15 is 0 Å². The Labute approximate surface area is 103 Å². The highest BCUT2D eigenvalue weighted by molar-refractivity contribution is 5.33. The molecule has 3 rings (SSSR count). The highest BCUT2D eigenvalue weighted by atomic mass is 15.3. The van der Waals surface area contributed by atoms with Gasteiger partial charge < -0.3 is 14.8 Å². The summed E-state index contributed by atoms with van der Waals surface area (Å²) in [6, 6.07) is 1.90. The molecule has 2 atom stereocenters. The molecule has 0 spiro atoms. The maximum Gasteiger partial charge on any atom is 0.205 e. The largest absolute Gasteiger partial charge is 0.341 e. The highest BCUT2D eigenvalue weighted by Gasteiger charge is 2.30. The summed E-state index contributed by atoms with van der Waals surface area (Å²) in [6.45, 7) is 6.68. The maximum atomic E-state index is 4.55. The fourth-order valence-corrected chi connectivity index (χ4v) is 3.08. The van der Waals surface area contributed by atoms with Crippen LogP contribution in [0.1, 0.15) is 39.2 Å². The number of fused-ring (bicyclic) bond motifs is 2. The van der Waals surface area contributed by atoms with E-state index in [2.05, 4.69) is 39.8 Å². The molecule has 1 N–H and O–H groups in total. The first kappa shape index (κ1) is 11.1. The van der Waals surface area contributed by atoms with Crippen LogP contribution < -0.4 is 10.2 Å². The molecule has 4 heteroatoms. The van der Waals surface area contributed by atoms with Gasteiger partial charge in [0.1, 0.15) is 0 Å². The molecule has 2 unspecified atom stereocenters. The van der Waals surface area contributed by atoms with Gasteiger partial charge in [0.15, 0.2) is 0 Å². The minimum atomic E-state index is 0.487. The van der Waals surface area contributed by atoms with Crippen molar-refractivity contribution in [3.63, 3.8) is 0 Å². The summed E-state index contributed by atoms with van der Waals surface area (Å²) < 4.78 is 2.28. The number of anilines is 1. The Morgan fingerprint density at radius 2 is 2.12 bits per heavy atom. The quantitative estimate of drug-likeness (QED) is 0.847. The Morgan fingerprint density at radius 3 is 2.94 bits per heavy atom. The number of nitrogens with zero attached hydrogens (tertiary/aromatic N) is 3. The number of rotatable bonds is 2. The van der Waals surface area contributed by atoms with Gasteiger partial charge in [-0.1, -0.05) is 0 Å². The van der Waals surface area contributed by atoms with Crippen molar-refractivity contribution < 1.29 is 0 Å². The summed E-state index contributed by atoms with van der Waals surface area (Å²) in [6.07, 6.45) is 7.95. The van der Waals surface area contributed by atoms with Gasteiger partial charge in [0, 0.05) is 43.6 Å². The fraction of sp³-hybridized carbons (Fsp3) is 0.769. The molecule has 17 heavy (non-hydrogen) atoms. The van der Waals surface area contributed by atoms with E-state index in [1.54, 1.807) is 0 Å². The van der Waals surface area contributed by atoms with Crippen LogP contribution in [-0.4, -0.2) is 34.7 Å². The molecule has 2 aliphatic rings. The summed E-state index contributed by atoms with van der Waals surface area (Å²) >= 11 is 0. The van der Waals surface area contributed by atoms with Gasteiger partial charge in [-0.25, -0.2) is 4.98 Å². The van der Waals surface area contributed by atoms with Crippen molar-refractivity contribution in [3.8, 4) is 0 Å². The van der Waals surface area contributed by atoms with E-state index in [0.717, 1.165) is 25.1 Å². The minimum absolute atomic E-state index is 0.487. The topological polar surface area (TPSA) is 33.1 Å². The summed E-state index contributed by atoms with van der Waals surface area (Å²) in [4.78, 5) is 7.00. The van der Waals surface area contributed by atoms with Gasteiger partial charge >= 0.3 is 0 Å². The van der Waals surface area contributed by atoms with Crippen LogP contribution in [-0.2, 0) is 0 Å². The van der Waals surface area contributed by atoms with E-state index in [-0.39, 0.29) is 0 Å². The van der Waals surface area contributed by atoms with Crippen molar-refractivity contribution >= 4 is 5.95 Å². The summed E-state index contributed by atoms with van der Waals surface area (Å²) in [5.41, 5.74) is 0. The third-order valence-corrected chi connectivity index (χ3v) is 4.01. The lowest BCUT2D eigenvalue weighted by Gasteiger charge is -2.27. The maximum absolute atomic E-state index is 4.55. The molecule has 1 aromatic heterocycles. The zero-order valence-electron chi connectivity index (χ0n) is 10.8. The molecule has 3 heterocycles. The first-order valence-corrected chi connectivity index (χ1v) is 6.78. The average Bonchev–Trinajstić information content (AvgIpc) is 2.85. The van der Waals surface area contributed by atoms with Crippen molar-refractivity contribution in [2.45, 2.75) is 51.2 Å². The van der Waals surface area contributed by atoms with E-state index < -0.39 is 0 Å². The highest BCUT2D eigenvalue weighted by Crippen LogP contribution is 2.25. The van der Waals surface area contributed by atoms with Crippen molar-refractivity contribution in [1.29, 1.82) is 0 Å². The lowest BCUT2D eigenvalue weighted by molar-refractivity contribution is 0.558. The van der Waals surface area contributed by atoms with Crippen LogP contribution in [0.4, 0.5) is 5.95 Å². The van der Waals surface area contributed by atoms with E-state index in [1.165, 1.54) is 19.3 Å². The number of hydrogen-bond donors (Lipinski definition) is 1. The Balaban J connectivity index is 1.81. The minimum Gasteiger partial charge on any atom is -0.341 e. The van der Waals surface area contributed by atoms with Crippen molar-refractivity contribution in [1.82, 2.24) is 14.9 Å². The Morgan fingerprint density at radius 1 is 1.29 bits per heavy atom. The molecular formula is C13H22N4. The first-order valence-electron chi connectivity index (χ1n) is 6.78. The van der Waals surface area contributed by atoms with Gasteiger partial charge in [0.05, 0.1) is 0 Å². The predicted octanol–water partition coefficient (Wildman–Crippen LogP) is 1.79. The van der Waals surface area contributed by atoms with Crippen LogP contribution in [0.3, 0.4) is 0 Å². The average molecular weight is 234 g/mol. The second kappa shape index (κ2) is 4.33. The second-order valence-corrected chi connectivity index (χ2v) is 5.60. The monoisotopic (exact) mass is 234 g/mol. The third kappa shape index (κ3) is 2.06. The van der Waals surface area contributed by atoms with Gasteiger partial charge in [-0.2, -0.15) is 0 Å². The molecule has 2 saturated heterocycles. The molecule has 1 aromatic rings. The van der Waals surface area contributed by atoms with Crippen molar-refractivity contribution in [2.75, 3.05) is 18.0 Å². The molecule has 0 amide bonds. The fourth-order valence-electron chi connectivity index (χ4n) is 3.08. The van der Waals surface area contributed by atoms with Crippen LogP contribution in [0, 0.1) is 0 Å². The Bertz CT molecular complexity index is 385. The normalized spacial score (nSPS) is 28.8. The van der Waals surface area contributed by atoms with Gasteiger partial charge in [0.2, 0.25) is 5.95 Å². The molecule has 4 nitrogen and oxygen atoms in total. The number of imidazole rings is 1. The molecule has 0 aliphatic carbocycles. The van der Waals surface area contributed by atoms with Crippen LogP contribution in [0.5, 0.6) is 0 Å². The lowest BCUT2D eigenvalue weighted by atomic mass is 10.1. The van der Waals surface area contributed by atoms with Crippen molar-refractivity contribution in [3.05, 3.63) is 12.4 Å². The molecule has 0 radical (unpaired) electrons. The van der Waals surface area contributed by atoms with Gasteiger partial charge in [-0.3, -0.25) is 0 Å². The standard InChI is InChI=1S/C13H22N4/c1-10(2)17-8-6-14-13(17)16-7-5-11-3-4-12(9-16)15-11/h6,8,10-12,15H,3-5,7,9H2,1-2H3. The zero-order valence-corrected chi connectivity index (χ0v) is 10.8. The Kier molecular flexibility index (Phi) is 2.82. The van der Waals surface area contributed by atoms with Crippen LogP contribution >= 0.6 is 0 Å². The molecule has 2 fully saturated rings. The lowest BCUT2D eigenvalue weighted by Crippen LogP contribution is -2.36. The molecule has 0 saturated carbocycles. The van der Waals surface area contributed by atoms with E-state index in [1.807, 2.05) is 6.20 Å². The number of aromatic nitrogens is 2. The van der Waals surface area contributed by atoms with Crippen LogP contribution in [0.2, 0.25) is 0 Å². The molecule has 2 aliphatic heterocycles. The molecular weight excluding hydrogens is 212 g/mol. The molecule has 2 bridgehead atoms. The number of nitrogens with one attached hydrogen (secondary N) is 1. The van der Waals surface area contributed by atoms with Gasteiger partial charge in [-0.05, 0) is 33.1 Å². The van der Waals surface area contributed by atoms with Gasteiger partial charge in [0.25, 0.3) is 0 Å². The third-order valence-electron chi connectivity index (χ3n) is 4.01. The Hall–Kier alpha value is -1.03. The van der Waals surface area contributed by atoms with Gasteiger partial charge in [-0.15, -0.1) is 0 Å². The van der Waals surface area contributed by atoms with Crippen molar-refractivity contribution in [2.24, 2.45) is 0 Å². The second-order valence-electron chi connectivity index (χ2n) is 5.60.